The van der Waals surface area contributed by atoms with E-state index in [0.29, 0.717) is 11.6 Å². The van der Waals surface area contributed by atoms with E-state index in [1.165, 1.54) is 18.4 Å². The molecule has 2 unspecified atom stereocenters. The summed E-state index contributed by atoms with van der Waals surface area (Å²) in [6.07, 6.45) is 14.7. The van der Waals surface area contributed by atoms with Gasteiger partial charge in [-0.15, -0.1) is 0 Å². The van der Waals surface area contributed by atoms with Crippen LogP contribution in [-0.2, 0) is 21.2 Å². The van der Waals surface area contributed by atoms with E-state index in [2.05, 4.69) is 28.4 Å². The maximum absolute atomic E-state index is 13.4. The number of allylic oxidation sites excluding steroid dienone is 3. The number of nitrogens with zero attached hydrogens (tertiary/aromatic N) is 1. The van der Waals surface area contributed by atoms with Crippen molar-refractivity contribution in [2.24, 2.45) is 0 Å². The first-order valence-corrected chi connectivity index (χ1v) is 16.2. The number of carboxylic acids is 1. The van der Waals surface area contributed by atoms with Crippen molar-refractivity contribution in [3.8, 4) is 11.1 Å². The Balaban J connectivity index is 1.58. The summed E-state index contributed by atoms with van der Waals surface area (Å²) in [4.78, 5) is 27.7. The Kier molecular flexibility index (Phi) is 9.98. The van der Waals surface area contributed by atoms with Gasteiger partial charge in [-0.1, -0.05) is 54.1 Å². The molecule has 1 aliphatic carbocycles. The maximum Gasteiger partial charge on any atom is 0.326 e. The first kappa shape index (κ1) is 29.7. The molecule has 1 saturated heterocycles. The summed E-state index contributed by atoms with van der Waals surface area (Å²) >= 11 is 0. The minimum atomic E-state index is -3.37. The van der Waals surface area contributed by atoms with Crippen LogP contribution in [0.3, 0.4) is 0 Å². The highest BCUT2D eigenvalue weighted by atomic mass is 32.2. The van der Waals surface area contributed by atoms with Gasteiger partial charge in [0.2, 0.25) is 0 Å². The van der Waals surface area contributed by atoms with Gasteiger partial charge < -0.3 is 10.4 Å². The number of aliphatic carboxylic acids is 1. The number of hydrogen-bond acceptors (Lipinski definition) is 5. The number of carboxylic acid groups (broad SMARTS) is 1. The Morgan fingerprint density at radius 3 is 2.65 bits per heavy atom. The van der Waals surface area contributed by atoms with Crippen LogP contribution >= 0.6 is 0 Å². The Bertz CT molecular complexity index is 1400. The first-order valence-electron chi connectivity index (χ1n) is 14.1. The van der Waals surface area contributed by atoms with Gasteiger partial charge in [-0.05, 0) is 92.8 Å². The van der Waals surface area contributed by atoms with Crippen LogP contribution in [0.2, 0.25) is 0 Å². The summed E-state index contributed by atoms with van der Waals surface area (Å²) in [7, 11) is -3.37. The summed E-state index contributed by atoms with van der Waals surface area (Å²) < 4.78 is 23.2. The lowest BCUT2D eigenvalue weighted by Crippen LogP contribution is -2.42. The number of sulfone groups is 1. The summed E-state index contributed by atoms with van der Waals surface area (Å²) in [5.41, 5.74) is 5.54. The minimum absolute atomic E-state index is 0.195. The molecule has 2 aromatic rings. The average molecular weight is 565 g/mol. The quantitative estimate of drug-likeness (QED) is 0.384. The van der Waals surface area contributed by atoms with Gasteiger partial charge in [0.05, 0.1) is 5.75 Å². The number of amides is 1. The van der Waals surface area contributed by atoms with Crippen molar-refractivity contribution in [3.05, 3.63) is 83.0 Å². The number of likely N-dealkylation sites (tertiary alicyclic amines) is 1. The van der Waals surface area contributed by atoms with Crippen LogP contribution in [0.4, 0.5) is 0 Å². The molecule has 1 aliphatic heterocycles. The number of nitrogens with one attached hydrogen (secondary N) is 1. The Hall–Kier alpha value is -3.23. The lowest BCUT2D eigenvalue weighted by atomic mass is 9.93. The van der Waals surface area contributed by atoms with E-state index in [1.807, 2.05) is 43.3 Å². The van der Waals surface area contributed by atoms with Crippen LogP contribution in [0.5, 0.6) is 0 Å². The molecule has 0 saturated carbocycles. The monoisotopic (exact) mass is 564 g/mol. The van der Waals surface area contributed by atoms with Gasteiger partial charge >= 0.3 is 5.97 Å². The van der Waals surface area contributed by atoms with Gasteiger partial charge in [0.15, 0.2) is 0 Å². The SMILES string of the molecule is Cc1ccccc1-c1cc(CN2CCCC2CC2=CCCCC=C2)ccc1C(=O)NC(CCS(C)(=O)=O)C(=O)O. The third-order valence-corrected chi connectivity index (χ3v) is 8.79. The zero-order valence-electron chi connectivity index (χ0n) is 23.4. The molecule has 0 spiro atoms. The van der Waals surface area contributed by atoms with Gasteiger partial charge in [0.1, 0.15) is 15.9 Å². The van der Waals surface area contributed by atoms with E-state index >= 15 is 0 Å². The lowest BCUT2D eigenvalue weighted by Gasteiger charge is -2.26. The Morgan fingerprint density at radius 2 is 1.90 bits per heavy atom. The van der Waals surface area contributed by atoms with Gasteiger partial charge in [0.25, 0.3) is 5.91 Å². The number of rotatable bonds is 11. The van der Waals surface area contributed by atoms with Crippen LogP contribution in [0.15, 0.2) is 66.3 Å². The molecule has 2 aliphatic rings. The molecule has 2 aromatic carbocycles. The van der Waals surface area contributed by atoms with E-state index in [9.17, 15) is 23.1 Å². The number of benzene rings is 2. The zero-order valence-corrected chi connectivity index (χ0v) is 24.3. The maximum atomic E-state index is 13.4. The molecular formula is C32H40N2O5S. The Morgan fingerprint density at radius 1 is 1.10 bits per heavy atom. The third kappa shape index (κ3) is 8.15. The molecular weight excluding hydrogens is 524 g/mol. The molecule has 0 radical (unpaired) electrons. The molecule has 1 fully saturated rings. The molecule has 4 rings (SSSR count). The van der Waals surface area contributed by atoms with E-state index in [-0.39, 0.29) is 12.2 Å². The fourth-order valence-corrected chi connectivity index (χ4v) is 6.29. The molecule has 214 valence electrons. The summed E-state index contributed by atoms with van der Waals surface area (Å²) in [5.74, 6) is -2.11. The topological polar surface area (TPSA) is 104 Å². The summed E-state index contributed by atoms with van der Waals surface area (Å²) in [5, 5.41) is 12.2. The van der Waals surface area contributed by atoms with Crippen molar-refractivity contribution >= 4 is 21.7 Å². The van der Waals surface area contributed by atoms with E-state index in [1.54, 1.807) is 6.07 Å². The van der Waals surface area contributed by atoms with Crippen LogP contribution < -0.4 is 5.32 Å². The zero-order chi connectivity index (χ0) is 28.7. The predicted molar refractivity (Wildman–Crippen MR) is 159 cm³/mol. The van der Waals surface area contributed by atoms with Crippen LogP contribution in [0.1, 0.15) is 66.4 Å². The van der Waals surface area contributed by atoms with E-state index < -0.39 is 27.8 Å². The van der Waals surface area contributed by atoms with Crippen molar-refractivity contribution in [2.75, 3.05) is 18.6 Å². The first-order chi connectivity index (χ1) is 19.1. The Labute approximate surface area is 237 Å². The molecule has 1 heterocycles. The van der Waals surface area contributed by atoms with Crippen LogP contribution in [0, 0.1) is 6.92 Å². The van der Waals surface area contributed by atoms with Gasteiger partial charge in [-0.2, -0.15) is 0 Å². The fourth-order valence-electron chi connectivity index (χ4n) is 5.63. The minimum Gasteiger partial charge on any atom is -0.480 e. The number of carbonyl (C=O) groups is 2. The second-order valence-corrected chi connectivity index (χ2v) is 13.3. The highest BCUT2D eigenvalue weighted by molar-refractivity contribution is 7.90. The van der Waals surface area contributed by atoms with Crippen molar-refractivity contribution in [3.63, 3.8) is 0 Å². The number of hydrogen-bond donors (Lipinski definition) is 2. The van der Waals surface area contributed by atoms with Gasteiger partial charge in [0, 0.05) is 24.4 Å². The largest absolute Gasteiger partial charge is 0.480 e. The smallest absolute Gasteiger partial charge is 0.326 e. The van der Waals surface area contributed by atoms with Crippen LogP contribution in [0.25, 0.3) is 11.1 Å². The molecule has 0 bridgehead atoms. The van der Waals surface area contributed by atoms with E-state index in [0.717, 1.165) is 67.3 Å². The highest BCUT2D eigenvalue weighted by Crippen LogP contribution is 2.31. The highest BCUT2D eigenvalue weighted by Gasteiger charge is 2.27. The second-order valence-electron chi connectivity index (χ2n) is 11.1. The fraction of sp³-hybridized carbons (Fsp3) is 0.438. The normalized spacial score (nSPS) is 18.6. The van der Waals surface area contributed by atoms with Gasteiger partial charge in [-0.3, -0.25) is 9.69 Å². The predicted octanol–water partition coefficient (Wildman–Crippen LogP) is 5.30. The third-order valence-electron chi connectivity index (χ3n) is 7.81. The van der Waals surface area contributed by atoms with Crippen molar-refractivity contribution in [1.29, 1.82) is 0 Å². The lowest BCUT2D eigenvalue weighted by molar-refractivity contribution is -0.139. The number of aryl methyl sites for hydroxylation is 1. The molecule has 8 heteroatoms. The number of carbonyl (C=O) groups excluding carboxylic acids is 1. The van der Waals surface area contributed by atoms with Crippen LogP contribution in [-0.4, -0.2) is 60.9 Å². The van der Waals surface area contributed by atoms with Gasteiger partial charge in [-0.25, -0.2) is 13.2 Å². The molecule has 7 nitrogen and oxygen atoms in total. The summed E-state index contributed by atoms with van der Waals surface area (Å²) in [6, 6.07) is 12.8. The summed E-state index contributed by atoms with van der Waals surface area (Å²) in [6.45, 7) is 3.79. The average Bonchev–Trinajstić information content (AvgIpc) is 3.16. The standard InChI is InChI=1S/C32H40N2O5S/c1-23-10-7-8-14-27(23)29-21-25(22-34-18-9-13-26(34)20-24-11-5-3-4-6-12-24)15-16-28(29)31(35)33-30(32(36)37)17-19-40(2,38)39/h5,7-8,10-12,14-16,21,26,30H,3-4,6,9,13,17-20,22H2,1-2H3,(H,33,35)(H,36,37). The molecule has 2 N–H and O–H groups in total. The van der Waals surface area contributed by atoms with E-state index in [4.69, 9.17) is 0 Å². The molecule has 2 atom stereocenters. The molecule has 40 heavy (non-hydrogen) atoms. The van der Waals surface area contributed by atoms with Crippen molar-refractivity contribution in [2.45, 2.75) is 70.5 Å². The van der Waals surface area contributed by atoms with Crippen molar-refractivity contribution < 1.29 is 23.1 Å². The van der Waals surface area contributed by atoms with Crippen molar-refractivity contribution in [1.82, 2.24) is 10.2 Å². The molecule has 0 aromatic heterocycles. The second kappa shape index (κ2) is 13.4. The molecule has 1 amide bonds.